The lowest BCUT2D eigenvalue weighted by atomic mass is 9.90. The quantitative estimate of drug-likeness (QED) is 0.426. The molecule has 1 unspecified atom stereocenters. The largest absolute Gasteiger partial charge is 0.481 e. The molecule has 0 saturated heterocycles. The molecule has 4 rings (SSSR count). The second-order valence-electron chi connectivity index (χ2n) is 6.77. The topological polar surface area (TPSA) is 83.0 Å². The first kappa shape index (κ1) is 18.9. The van der Waals surface area contributed by atoms with Crippen molar-refractivity contribution >= 4 is 34.3 Å². The number of aromatic amines is 1. The van der Waals surface area contributed by atoms with Gasteiger partial charge in [-0.2, -0.15) is 0 Å². The summed E-state index contributed by atoms with van der Waals surface area (Å²) in [6.45, 7) is 0. The van der Waals surface area contributed by atoms with Gasteiger partial charge in [0.05, 0.1) is 5.92 Å². The molecule has 0 aliphatic rings. The van der Waals surface area contributed by atoms with E-state index in [0.29, 0.717) is 16.1 Å². The van der Waals surface area contributed by atoms with Crippen molar-refractivity contribution in [2.75, 3.05) is 0 Å². The molecule has 6 heteroatoms. The van der Waals surface area contributed by atoms with Gasteiger partial charge in [0.15, 0.2) is 5.78 Å². The van der Waals surface area contributed by atoms with E-state index in [4.69, 9.17) is 11.6 Å². The number of halogens is 1. The van der Waals surface area contributed by atoms with Gasteiger partial charge in [-0.1, -0.05) is 23.7 Å². The Morgan fingerprint density at radius 1 is 1.07 bits per heavy atom. The van der Waals surface area contributed by atoms with E-state index in [1.807, 2.05) is 30.3 Å². The minimum absolute atomic E-state index is 0.138. The summed E-state index contributed by atoms with van der Waals surface area (Å²) in [6.07, 6.45) is 4.99. The molecule has 0 amide bonds. The molecule has 5 nitrogen and oxygen atoms in total. The highest BCUT2D eigenvalue weighted by Gasteiger charge is 2.26. The average molecular weight is 405 g/mol. The van der Waals surface area contributed by atoms with Crippen LogP contribution in [0, 0.1) is 0 Å². The number of nitrogens with one attached hydrogen (secondary N) is 1. The van der Waals surface area contributed by atoms with E-state index in [9.17, 15) is 14.7 Å². The van der Waals surface area contributed by atoms with Crippen LogP contribution in [-0.4, -0.2) is 26.8 Å². The van der Waals surface area contributed by atoms with Gasteiger partial charge < -0.3 is 10.1 Å². The summed E-state index contributed by atoms with van der Waals surface area (Å²) in [5.41, 5.74) is 3.71. The van der Waals surface area contributed by atoms with Crippen molar-refractivity contribution in [2.45, 2.75) is 12.3 Å². The molecule has 2 N–H and O–H groups in total. The van der Waals surface area contributed by atoms with Crippen molar-refractivity contribution in [2.24, 2.45) is 0 Å². The molecule has 2 aromatic heterocycles. The number of carboxylic acid groups (broad SMARTS) is 1. The molecule has 0 fully saturated rings. The fourth-order valence-corrected chi connectivity index (χ4v) is 3.54. The van der Waals surface area contributed by atoms with Crippen LogP contribution in [0.4, 0.5) is 0 Å². The second kappa shape index (κ2) is 7.89. The summed E-state index contributed by atoms with van der Waals surface area (Å²) < 4.78 is 0. The van der Waals surface area contributed by atoms with Gasteiger partial charge in [0, 0.05) is 52.1 Å². The Labute approximate surface area is 172 Å². The highest BCUT2D eigenvalue weighted by Crippen LogP contribution is 2.32. The Bertz CT molecular complexity index is 1180. The van der Waals surface area contributed by atoms with Gasteiger partial charge in [-0.15, -0.1) is 0 Å². The van der Waals surface area contributed by atoms with Gasteiger partial charge in [-0.05, 0) is 53.6 Å². The number of nitrogens with zero attached hydrogens (tertiary/aromatic N) is 1. The first-order chi connectivity index (χ1) is 14.0. The lowest BCUT2D eigenvalue weighted by Crippen LogP contribution is -2.16. The molecule has 2 aromatic carbocycles. The molecule has 0 saturated carbocycles. The summed E-state index contributed by atoms with van der Waals surface area (Å²) in [7, 11) is 0. The van der Waals surface area contributed by atoms with Crippen molar-refractivity contribution in [1.82, 2.24) is 9.97 Å². The van der Waals surface area contributed by atoms with Gasteiger partial charge in [0.2, 0.25) is 0 Å². The maximum atomic E-state index is 12.7. The Morgan fingerprint density at radius 3 is 2.55 bits per heavy atom. The molecule has 0 bridgehead atoms. The summed E-state index contributed by atoms with van der Waals surface area (Å²) >= 11 is 5.87. The van der Waals surface area contributed by atoms with Crippen LogP contribution in [0.15, 0.2) is 73.2 Å². The molecule has 144 valence electrons. The molecular weight excluding hydrogens is 388 g/mol. The summed E-state index contributed by atoms with van der Waals surface area (Å²) in [6, 6.07) is 16.0. The van der Waals surface area contributed by atoms with E-state index in [0.717, 1.165) is 22.0 Å². The first-order valence-electron chi connectivity index (χ1n) is 9.06. The SMILES string of the molecule is O=C(CC(C(=O)O)c1c[nH]c2ccc(-c3cccnc3)cc12)c1ccc(Cl)cc1. The highest BCUT2D eigenvalue weighted by atomic mass is 35.5. The van der Waals surface area contributed by atoms with Crippen LogP contribution in [0.1, 0.15) is 28.3 Å². The number of hydrogen-bond acceptors (Lipinski definition) is 3. The number of fused-ring (bicyclic) bond motifs is 1. The molecule has 0 spiro atoms. The number of Topliss-reactive ketones (excluding diaryl/α,β-unsaturated/α-hetero) is 1. The number of ketones is 1. The smallest absolute Gasteiger partial charge is 0.311 e. The van der Waals surface area contributed by atoms with Crippen molar-refractivity contribution in [3.05, 3.63) is 89.3 Å². The molecule has 0 aliphatic heterocycles. The van der Waals surface area contributed by atoms with Crippen LogP contribution in [-0.2, 0) is 4.79 Å². The molecule has 1 atom stereocenters. The number of carboxylic acids is 1. The number of rotatable bonds is 6. The van der Waals surface area contributed by atoms with E-state index in [2.05, 4.69) is 9.97 Å². The fourth-order valence-electron chi connectivity index (χ4n) is 3.41. The third-order valence-electron chi connectivity index (χ3n) is 4.94. The van der Waals surface area contributed by atoms with Crippen LogP contribution < -0.4 is 0 Å². The first-order valence-corrected chi connectivity index (χ1v) is 9.44. The van der Waals surface area contributed by atoms with Gasteiger partial charge in [0.1, 0.15) is 0 Å². The minimum atomic E-state index is -1.04. The minimum Gasteiger partial charge on any atom is -0.481 e. The molecule has 0 aliphatic carbocycles. The molecule has 0 radical (unpaired) electrons. The number of aromatic nitrogens is 2. The Balaban J connectivity index is 1.71. The number of aliphatic carboxylic acids is 1. The monoisotopic (exact) mass is 404 g/mol. The number of H-pyrrole nitrogens is 1. The Kier molecular flexibility index (Phi) is 5.14. The third-order valence-corrected chi connectivity index (χ3v) is 5.19. The number of carbonyl (C=O) groups is 2. The van der Waals surface area contributed by atoms with Crippen molar-refractivity contribution in [1.29, 1.82) is 0 Å². The van der Waals surface area contributed by atoms with Gasteiger partial charge in [-0.25, -0.2) is 0 Å². The van der Waals surface area contributed by atoms with Crippen molar-refractivity contribution in [3.8, 4) is 11.1 Å². The maximum absolute atomic E-state index is 12.7. The van der Waals surface area contributed by atoms with Crippen LogP contribution >= 0.6 is 11.6 Å². The zero-order valence-corrected chi connectivity index (χ0v) is 16.1. The van der Waals surface area contributed by atoms with Crippen LogP contribution in [0.25, 0.3) is 22.0 Å². The number of benzene rings is 2. The van der Waals surface area contributed by atoms with Gasteiger partial charge in [0.25, 0.3) is 0 Å². The van der Waals surface area contributed by atoms with E-state index in [1.54, 1.807) is 42.9 Å². The Morgan fingerprint density at radius 2 is 1.86 bits per heavy atom. The standard InChI is InChI=1S/C23H17ClN2O3/c24-17-6-3-14(4-7-17)22(27)11-19(23(28)29)20-13-26-21-8-5-15(10-18(20)21)16-2-1-9-25-12-16/h1-10,12-13,19,26H,11H2,(H,28,29). The molecule has 2 heterocycles. The van der Waals surface area contributed by atoms with Crippen LogP contribution in [0.3, 0.4) is 0 Å². The predicted octanol–water partition coefficient (Wildman–Crippen LogP) is 5.32. The zero-order chi connectivity index (χ0) is 20.4. The van der Waals surface area contributed by atoms with Gasteiger partial charge >= 0.3 is 5.97 Å². The van der Waals surface area contributed by atoms with Crippen LogP contribution in [0.5, 0.6) is 0 Å². The second-order valence-corrected chi connectivity index (χ2v) is 7.21. The molecular formula is C23H17ClN2O3. The van der Waals surface area contributed by atoms with E-state index in [1.165, 1.54) is 0 Å². The van der Waals surface area contributed by atoms with Crippen molar-refractivity contribution in [3.63, 3.8) is 0 Å². The third kappa shape index (κ3) is 3.91. The van der Waals surface area contributed by atoms with Crippen molar-refractivity contribution < 1.29 is 14.7 Å². The Hall–Kier alpha value is -3.44. The molecule has 29 heavy (non-hydrogen) atoms. The lowest BCUT2D eigenvalue weighted by Gasteiger charge is -2.12. The predicted molar refractivity (Wildman–Crippen MR) is 112 cm³/mol. The summed E-state index contributed by atoms with van der Waals surface area (Å²) in [5.74, 6) is -2.25. The number of carbonyl (C=O) groups excluding carboxylic acids is 1. The highest BCUT2D eigenvalue weighted by molar-refractivity contribution is 6.30. The van der Waals surface area contributed by atoms with Gasteiger partial charge in [-0.3, -0.25) is 14.6 Å². The zero-order valence-electron chi connectivity index (χ0n) is 15.3. The number of pyridine rings is 1. The maximum Gasteiger partial charge on any atom is 0.311 e. The molecule has 4 aromatic rings. The number of hydrogen-bond donors (Lipinski definition) is 2. The lowest BCUT2D eigenvalue weighted by molar-refractivity contribution is -0.138. The summed E-state index contributed by atoms with van der Waals surface area (Å²) in [4.78, 5) is 31.9. The van der Waals surface area contributed by atoms with E-state index >= 15 is 0 Å². The summed E-state index contributed by atoms with van der Waals surface area (Å²) in [5, 5.41) is 11.1. The van der Waals surface area contributed by atoms with E-state index < -0.39 is 11.9 Å². The normalized spacial score (nSPS) is 12.0. The van der Waals surface area contributed by atoms with E-state index in [-0.39, 0.29) is 12.2 Å². The van der Waals surface area contributed by atoms with Crippen LogP contribution in [0.2, 0.25) is 5.02 Å². The fraction of sp³-hybridized carbons (Fsp3) is 0.0870. The average Bonchev–Trinajstić information content (AvgIpc) is 3.15.